The number of nitrogens with zero attached hydrogens (tertiary/aromatic N) is 1. The normalized spacial score (nSPS) is 24.8. The summed E-state index contributed by atoms with van der Waals surface area (Å²) >= 11 is 0. The van der Waals surface area contributed by atoms with Crippen LogP contribution >= 0.6 is 0 Å². The SMILES string of the molecule is CC(C)c1ccc(C2CCN(CC3CCCNC3)CC2)cc1.[HH]. The van der Waals surface area contributed by atoms with Gasteiger partial charge in [0.15, 0.2) is 0 Å². The Hall–Kier alpha value is -0.860. The highest BCUT2D eigenvalue weighted by molar-refractivity contribution is 5.27. The van der Waals surface area contributed by atoms with Crippen LogP contribution in [0.2, 0.25) is 0 Å². The number of benzene rings is 1. The Morgan fingerprint density at radius 3 is 2.45 bits per heavy atom. The predicted molar refractivity (Wildman–Crippen MR) is 96.7 cm³/mol. The lowest BCUT2D eigenvalue weighted by Gasteiger charge is -2.35. The van der Waals surface area contributed by atoms with Crippen LogP contribution in [0.25, 0.3) is 0 Å². The van der Waals surface area contributed by atoms with E-state index in [1.54, 1.807) is 5.56 Å². The van der Waals surface area contributed by atoms with Gasteiger partial charge in [0.25, 0.3) is 0 Å². The summed E-state index contributed by atoms with van der Waals surface area (Å²) in [6, 6.07) is 9.42. The molecule has 2 saturated heterocycles. The smallest absolute Gasteiger partial charge is 0.00218 e. The van der Waals surface area contributed by atoms with Crippen LogP contribution in [0.1, 0.15) is 63.9 Å². The van der Waals surface area contributed by atoms with E-state index in [9.17, 15) is 0 Å². The molecule has 0 radical (unpaired) electrons. The predicted octanol–water partition coefficient (Wildman–Crippen LogP) is 4.24. The molecule has 0 bridgehead atoms. The first-order valence-corrected chi connectivity index (χ1v) is 9.25. The van der Waals surface area contributed by atoms with Crippen molar-refractivity contribution in [2.24, 2.45) is 5.92 Å². The van der Waals surface area contributed by atoms with Gasteiger partial charge in [0.1, 0.15) is 0 Å². The van der Waals surface area contributed by atoms with Crippen molar-refractivity contribution in [2.75, 3.05) is 32.7 Å². The molecule has 2 nitrogen and oxygen atoms in total. The highest BCUT2D eigenvalue weighted by Crippen LogP contribution is 2.29. The van der Waals surface area contributed by atoms with Crippen molar-refractivity contribution >= 4 is 0 Å². The molecule has 124 valence electrons. The third kappa shape index (κ3) is 4.11. The van der Waals surface area contributed by atoms with E-state index >= 15 is 0 Å². The Kier molecular flexibility index (Phi) is 5.54. The minimum atomic E-state index is 0. The first-order valence-electron chi connectivity index (χ1n) is 9.25. The molecule has 1 unspecified atom stereocenters. The summed E-state index contributed by atoms with van der Waals surface area (Å²) in [4.78, 5) is 2.71. The molecule has 22 heavy (non-hydrogen) atoms. The summed E-state index contributed by atoms with van der Waals surface area (Å²) in [5.74, 6) is 2.30. The zero-order valence-electron chi connectivity index (χ0n) is 14.4. The molecular formula is C20H34N2. The molecule has 2 heteroatoms. The fourth-order valence-corrected chi connectivity index (χ4v) is 4.05. The Morgan fingerprint density at radius 1 is 1.14 bits per heavy atom. The van der Waals surface area contributed by atoms with Gasteiger partial charge in [-0.05, 0) is 80.7 Å². The molecule has 1 aromatic rings. The molecule has 1 N–H and O–H groups in total. The van der Waals surface area contributed by atoms with Crippen molar-refractivity contribution in [1.29, 1.82) is 0 Å². The maximum Gasteiger partial charge on any atom is 0.00218 e. The summed E-state index contributed by atoms with van der Waals surface area (Å²) in [5.41, 5.74) is 3.02. The van der Waals surface area contributed by atoms with Crippen LogP contribution < -0.4 is 5.32 Å². The van der Waals surface area contributed by atoms with Crippen LogP contribution in [-0.2, 0) is 0 Å². The lowest BCUT2D eigenvalue weighted by atomic mass is 9.87. The van der Waals surface area contributed by atoms with Crippen molar-refractivity contribution in [3.63, 3.8) is 0 Å². The fourth-order valence-electron chi connectivity index (χ4n) is 4.05. The second-order valence-corrected chi connectivity index (χ2v) is 7.61. The largest absolute Gasteiger partial charge is 0.316 e. The molecule has 2 aliphatic rings. The molecule has 1 aromatic carbocycles. The summed E-state index contributed by atoms with van der Waals surface area (Å²) in [5, 5.41) is 3.55. The van der Waals surface area contributed by atoms with Crippen molar-refractivity contribution in [3.8, 4) is 0 Å². The van der Waals surface area contributed by atoms with E-state index in [0.29, 0.717) is 5.92 Å². The van der Waals surface area contributed by atoms with Gasteiger partial charge >= 0.3 is 0 Å². The Balaban J connectivity index is 0.00000192. The summed E-state index contributed by atoms with van der Waals surface area (Å²) in [7, 11) is 0. The van der Waals surface area contributed by atoms with Crippen LogP contribution in [0.4, 0.5) is 0 Å². The second-order valence-electron chi connectivity index (χ2n) is 7.61. The van der Waals surface area contributed by atoms with Gasteiger partial charge in [0.2, 0.25) is 0 Å². The molecular weight excluding hydrogens is 268 g/mol. The quantitative estimate of drug-likeness (QED) is 0.895. The van der Waals surface area contributed by atoms with Gasteiger partial charge in [0.05, 0.1) is 0 Å². The van der Waals surface area contributed by atoms with E-state index in [0.717, 1.165) is 11.8 Å². The molecule has 3 rings (SSSR count). The summed E-state index contributed by atoms with van der Waals surface area (Å²) in [6.45, 7) is 10.9. The Morgan fingerprint density at radius 2 is 1.86 bits per heavy atom. The maximum atomic E-state index is 3.55. The molecule has 0 aromatic heterocycles. The van der Waals surface area contributed by atoms with Crippen LogP contribution in [-0.4, -0.2) is 37.6 Å². The zero-order valence-corrected chi connectivity index (χ0v) is 14.4. The number of hydrogen-bond donors (Lipinski definition) is 1. The number of likely N-dealkylation sites (tertiary alicyclic amines) is 1. The molecule has 2 aliphatic heterocycles. The first-order chi connectivity index (χ1) is 10.7. The van der Waals surface area contributed by atoms with E-state index in [4.69, 9.17) is 0 Å². The van der Waals surface area contributed by atoms with Crippen LogP contribution in [0.3, 0.4) is 0 Å². The van der Waals surface area contributed by atoms with Crippen molar-refractivity contribution in [3.05, 3.63) is 35.4 Å². The Bertz CT molecular complexity index is 443. The lowest BCUT2D eigenvalue weighted by Crippen LogP contribution is -2.41. The van der Waals surface area contributed by atoms with E-state index in [-0.39, 0.29) is 1.43 Å². The van der Waals surface area contributed by atoms with Crippen LogP contribution in [0.15, 0.2) is 24.3 Å². The highest BCUT2D eigenvalue weighted by atomic mass is 15.1. The average Bonchev–Trinajstić information content (AvgIpc) is 2.57. The van der Waals surface area contributed by atoms with Gasteiger partial charge in [-0.15, -0.1) is 0 Å². The van der Waals surface area contributed by atoms with Crippen molar-refractivity contribution in [2.45, 2.75) is 51.4 Å². The van der Waals surface area contributed by atoms with Crippen LogP contribution in [0.5, 0.6) is 0 Å². The number of rotatable bonds is 4. The van der Waals surface area contributed by atoms with E-state index < -0.39 is 0 Å². The standard InChI is InChI=1S/C20H32N2.H2/c1-16(2)18-5-7-19(8-6-18)20-9-12-22(13-10-20)15-17-4-3-11-21-14-17;/h5-8,16-17,20-21H,3-4,9-15H2,1-2H3;1H. The summed E-state index contributed by atoms with van der Waals surface area (Å²) < 4.78 is 0. The third-order valence-electron chi connectivity index (χ3n) is 5.58. The molecule has 0 saturated carbocycles. The van der Waals surface area contributed by atoms with Crippen LogP contribution in [0, 0.1) is 5.92 Å². The maximum absolute atomic E-state index is 3.55. The molecule has 2 fully saturated rings. The lowest BCUT2D eigenvalue weighted by molar-refractivity contribution is 0.169. The Labute approximate surface area is 137 Å². The first kappa shape index (κ1) is 16.0. The number of hydrogen-bond acceptors (Lipinski definition) is 2. The van der Waals surface area contributed by atoms with Gasteiger partial charge in [-0.3, -0.25) is 0 Å². The number of nitrogens with one attached hydrogen (secondary N) is 1. The third-order valence-corrected chi connectivity index (χ3v) is 5.58. The van der Waals surface area contributed by atoms with Crippen molar-refractivity contribution < 1.29 is 1.43 Å². The second kappa shape index (κ2) is 7.61. The molecule has 0 amide bonds. The topological polar surface area (TPSA) is 15.3 Å². The molecule has 0 spiro atoms. The minimum absolute atomic E-state index is 0. The monoisotopic (exact) mass is 302 g/mol. The minimum Gasteiger partial charge on any atom is -0.316 e. The van der Waals surface area contributed by atoms with Gasteiger partial charge in [-0.2, -0.15) is 0 Å². The van der Waals surface area contributed by atoms with Crippen molar-refractivity contribution in [1.82, 2.24) is 10.2 Å². The number of piperidine rings is 2. The van der Waals surface area contributed by atoms with E-state index in [1.807, 2.05) is 0 Å². The summed E-state index contributed by atoms with van der Waals surface area (Å²) in [6.07, 6.45) is 5.45. The van der Waals surface area contributed by atoms with Gasteiger partial charge in [-0.25, -0.2) is 0 Å². The van der Waals surface area contributed by atoms with Gasteiger partial charge in [-0.1, -0.05) is 38.1 Å². The molecule has 1 atom stereocenters. The van der Waals surface area contributed by atoms with E-state index in [2.05, 4.69) is 48.3 Å². The van der Waals surface area contributed by atoms with Gasteiger partial charge in [0, 0.05) is 7.97 Å². The zero-order chi connectivity index (χ0) is 15.4. The average molecular weight is 303 g/mol. The van der Waals surface area contributed by atoms with Gasteiger partial charge < -0.3 is 10.2 Å². The molecule has 0 aliphatic carbocycles. The fraction of sp³-hybridized carbons (Fsp3) is 0.700. The molecule has 2 heterocycles. The highest BCUT2D eigenvalue weighted by Gasteiger charge is 2.23. The van der Waals surface area contributed by atoms with E-state index in [1.165, 1.54) is 64.0 Å².